The zero-order valence-electron chi connectivity index (χ0n) is 15.5. The first-order valence-electron chi connectivity index (χ1n) is 8.35. The van der Waals surface area contributed by atoms with Crippen molar-refractivity contribution in [3.05, 3.63) is 28.8 Å². The highest BCUT2D eigenvalue weighted by Gasteiger charge is 2.23. The normalized spacial score (nSPS) is 12.4. The minimum atomic E-state index is -3.64. The van der Waals surface area contributed by atoms with Crippen LogP contribution in [0.25, 0.3) is 0 Å². The van der Waals surface area contributed by atoms with E-state index in [0.717, 1.165) is 0 Å². The monoisotopic (exact) mass is 389 g/mol. The molecule has 0 heterocycles. The number of nitrogens with zero attached hydrogens (tertiary/aromatic N) is 1. The van der Waals surface area contributed by atoms with Gasteiger partial charge in [0.1, 0.15) is 0 Å². The largest absolute Gasteiger partial charge is 0.351 e. The Kier molecular flexibility index (Phi) is 7.87. The van der Waals surface area contributed by atoms with Gasteiger partial charge in [0.25, 0.3) is 5.91 Å². The van der Waals surface area contributed by atoms with Gasteiger partial charge >= 0.3 is 0 Å². The SMILES string of the molecule is CCN(CC)S(=O)(=O)c1ccc(Cl)c(C(=O)NCCNC(C)(C)C)c1. The number of hydrogen-bond donors (Lipinski definition) is 2. The minimum absolute atomic E-state index is 0.0415. The molecule has 0 spiro atoms. The van der Waals surface area contributed by atoms with Crippen LogP contribution in [0.2, 0.25) is 5.02 Å². The minimum Gasteiger partial charge on any atom is -0.351 e. The Balaban J connectivity index is 2.93. The molecule has 0 fully saturated rings. The summed E-state index contributed by atoms with van der Waals surface area (Å²) in [5.74, 6) is -0.391. The quantitative estimate of drug-likeness (QED) is 0.669. The molecule has 142 valence electrons. The number of halogens is 1. The Bertz CT molecular complexity index is 696. The van der Waals surface area contributed by atoms with Crippen molar-refractivity contribution in [1.29, 1.82) is 0 Å². The van der Waals surface area contributed by atoms with Gasteiger partial charge in [-0.15, -0.1) is 0 Å². The van der Waals surface area contributed by atoms with Gasteiger partial charge in [-0.3, -0.25) is 4.79 Å². The molecule has 0 radical (unpaired) electrons. The van der Waals surface area contributed by atoms with Crippen molar-refractivity contribution in [3.8, 4) is 0 Å². The number of nitrogens with one attached hydrogen (secondary N) is 2. The van der Waals surface area contributed by atoms with E-state index < -0.39 is 15.9 Å². The van der Waals surface area contributed by atoms with Gasteiger partial charge in [-0.1, -0.05) is 25.4 Å². The second-order valence-corrected chi connectivity index (χ2v) is 9.01. The van der Waals surface area contributed by atoms with E-state index >= 15 is 0 Å². The molecule has 25 heavy (non-hydrogen) atoms. The van der Waals surface area contributed by atoms with Crippen molar-refractivity contribution in [3.63, 3.8) is 0 Å². The Morgan fingerprint density at radius 1 is 1.16 bits per heavy atom. The van der Waals surface area contributed by atoms with E-state index in [1.54, 1.807) is 13.8 Å². The van der Waals surface area contributed by atoms with Crippen LogP contribution >= 0.6 is 11.6 Å². The lowest BCUT2D eigenvalue weighted by molar-refractivity contribution is 0.0953. The van der Waals surface area contributed by atoms with Crippen LogP contribution in [0.5, 0.6) is 0 Å². The van der Waals surface area contributed by atoms with Crippen molar-refractivity contribution in [2.75, 3.05) is 26.2 Å². The molecule has 0 aliphatic rings. The molecule has 0 saturated heterocycles. The summed E-state index contributed by atoms with van der Waals surface area (Å²) in [7, 11) is -3.64. The number of hydrogen-bond acceptors (Lipinski definition) is 4. The van der Waals surface area contributed by atoms with Crippen molar-refractivity contribution in [2.24, 2.45) is 0 Å². The number of benzene rings is 1. The molecule has 1 aromatic carbocycles. The number of sulfonamides is 1. The highest BCUT2D eigenvalue weighted by molar-refractivity contribution is 7.89. The van der Waals surface area contributed by atoms with E-state index in [9.17, 15) is 13.2 Å². The van der Waals surface area contributed by atoms with Gasteiger partial charge in [0.2, 0.25) is 10.0 Å². The average Bonchev–Trinajstić information content (AvgIpc) is 2.51. The third-order valence-corrected chi connectivity index (χ3v) is 5.97. The fourth-order valence-electron chi connectivity index (χ4n) is 2.26. The second-order valence-electron chi connectivity index (χ2n) is 6.66. The molecular weight excluding hydrogens is 362 g/mol. The number of carbonyl (C=O) groups is 1. The lowest BCUT2D eigenvalue weighted by Crippen LogP contribution is -2.41. The Morgan fingerprint density at radius 2 is 1.76 bits per heavy atom. The first kappa shape index (κ1) is 21.9. The number of carbonyl (C=O) groups excluding carboxylic acids is 1. The zero-order chi connectivity index (χ0) is 19.3. The molecule has 0 aliphatic carbocycles. The van der Waals surface area contributed by atoms with E-state index in [0.29, 0.717) is 26.2 Å². The molecule has 0 saturated carbocycles. The fraction of sp³-hybridized carbons (Fsp3) is 0.588. The third kappa shape index (κ3) is 6.26. The van der Waals surface area contributed by atoms with Gasteiger partial charge < -0.3 is 10.6 Å². The summed E-state index contributed by atoms with van der Waals surface area (Å²) >= 11 is 6.09. The molecule has 0 unspecified atom stereocenters. The molecule has 8 heteroatoms. The van der Waals surface area contributed by atoms with Crippen LogP contribution in [0, 0.1) is 0 Å². The summed E-state index contributed by atoms with van der Waals surface area (Å²) in [5, 5.41) is 6.23. The summed E-state index contributed by atoms with van der Waals surface area (Å²) in [6.07, 6.45) is 0. The summed E-state index contributed by atoms with van der Waals surface area (Å²) < 4.78 is 26.5. The lowest BCUT2D eigenvalue weighted by atomic mass is 10.1. The zero-order valence-corrected chi connectivity index (χ0v) is 17.1. The van der Waals surface area contributed by atoms with E-state index in [1.165, 1.54) is 22.5 Å². The standard InChI is InChI=1S/C17H28ClN3O3S/c1-6-21(7-2)25(23,24)13-8-9-15(18)14(12-13)16(22)19-10-11-20-17(3,4)5/h8-9,12,20H,6-7,10-11H2,1-5H3,(H,19,22). The summed E-state index contributed by atoms with van der Waals surface area (Å²) in [4.78, 5) is 12.4. The van der Waals surface area contributed by atoms with Gasteiger partial charge in [-0.25, -0.2) is 8.42 Å². The Labute approximate surface area is 156 Å². The molecule has 0 aromatic heterocycles. The van der Waals surface area contributed by atoms with Crippen LogP contribution in [0.3, 0.4) is 0 Å². The summed E-state index contributed by atoms with van der Waals surface area (Å²) in [6, 6.07) is 4.21. The first-order chi connectivity index (χ1) is 11.5. The predicted molar refractivity (Wildman–Crippen MR) is 102 cm³/mol. The van der Waals surface area contributed by atoms with Crippen molar-refractivity contribution in [2.45, 2.75) is 45.1 Å². The smallest absolute Gasteiger partial charge is 0.252 e. The summed E-state index contributed by atoms with van der Waals surface area (Å²) in [5.41, 5.74) is 0.116. The van der Waals surface area contributed by atoms with Crippen LogP contribution in [0.15, 0.2) is 23.1 Å². The van der Waals surface area contributed by atoms with Crippen LogP contribution in [-0.4, -0.2) is 50.3 Å². The number of rotatable bonds is 8. The molecule has 6 nitrogen and oxygen atoms in total. The maximum atomic E-state index is 12.6. The highest BCUT2D eigenvalue weighted by Crippen LogP contribution is 2.23. The molecule has 0 bridgehead atoms. The van der Waals surface area contributed by atoms with Crippen molar-refractivity contribution < 1.29 is 13.2 Å². The number of amides is 1. The Hall–Kier alpha value is -1.15. The van der Waals surface area contributed by atoms with Gasteiger partial charge in [0.15, 0.2) is 0 Å². The van der Waals surface area contributed by atoms with Gasteiger partial charge in [0, 0.05) is 31.7 Å². The summed E-state index contributed by atoms with van der Waals surface area (Å²) in [6.45, 7) is 11.4. The van der Waals surface area contributed by atoms with Crippen LogP contribution in [0.1, 0.15) is 45.0 Å². The predicted octanol–water partition coefficient (Wildman–Crippen LogP) is 2.49. The Morgan fingerprint density at radius 3 is 2.28 bits per heavy atom. The fourth-order valence-corrected chi connectivity index (χ4v) is 3.95. The van der Waals surface area contributed by atoms with Crippen molar-refractivity contribution >= 4 is 27.5 Å². The maximum absolute atomic E-state index is 12.6. The van der Waals surface area contributed by atoms with Crippen LogP contribution in [0.4, 0.5) is 0 Å². The molecule has 2 N–H and O–H groups in total. The molecule has 0 atom stereocenters. The molecule has 1 amide bonds. The van der Waals surface area contributed by atoms with E-state index in [4.69, 9.17) is 11.6 Å². The second kappa shape index (κ2) is 8.98. The van der Waals surface area contributed by atoms with Gasteiger partial charge in [0.05, 0.1) is 15.5 Å². The van der Waals surface area contributed by atoms with Crippen LogP contribution in [-0.2, 0) is 10.0 Å². The maximum Gasteiger partial charge on any atom is 0.252 e. The van der Waals surface area contributed by atoms with E-state index in [-0.39, 0.29) is 21.0 Å². The average molecular weight is 390 g/mol. The molecular formula is C17H28ClN3O3S. The molecule has 1 rings (SSSR count). The van der Waals surface area contributed by atoms with Gasteiger partial charge in [-0.05, 0) is 39.0 Å². The first-order valence-corrected chi connectivity index (χ1v) is 10.2. The van der Waals surface area contributed by atoms with Gasteiger partial charge in [-0.2, -0.15) is 4.31 Å². The highest BCUT2D eigenvalue weighted by atomic mass is 35.5. The van der Waals surface area contributed by atoms with Crippen LogP contribution < -0.4 is 10.6 Å². The molecule has 0 aliphatic heterocycles. The van der Waals surface area contributed by atoms with E-state index in [2.05, 4.69) is 10.6 Å². The van der Waals surface area contributed by atoms with Crippen molar-refractivity contribution in [1.82, 2.24) is 14.9 Å². The molecule has 1 aromatic rings. The lowest BCUT2D eigenvalue weighted by Gasteiger charge is -2.21. The topological polar surface area (TPSA) is 78.5 Å². The van der Waals surface area contributed by atoms with E-state index in [1.807, 2.05) is 20.8 Å². The third-order valence-electron chi connectivity index (χ3n) is 3.59.